The highest BCUT2D eigenvalue weighted by Crippen LogP contribution is 2.33. The van der Waals surface area contributed by atoms with E-state index in [1.54, 1.807) is 6.07 Å². The molecule has 0 atom stereocenters. The van der Waals surface area contributed by atoms with Gasteiger partial charge in [0.2, 0.25) is 12.6 Å². The third kappa shape index (κ3) is 3.78. The number of aromatic nitrogens is 1. The van der Waals surface area contributed by atoms with Crippen LogP contribution in [-0.2, 0) is 11.3 Å². The fourth-order valence-corrected chi connectivity index (χ4v) is 3.46. The zero-order valence-corrected chi connectivity index (χ0v) is 16.6. The van der Waals surface area contributed by atoms with Crippen LogP contribution in [0.1, 0.15) is 37.7 Å². The van der Waals surface area contributed by atoms with Crippen molar-refractivity contribution in [3.63, 3.8) is 0 Å². The largest absolute Gasteiger partial charge is 0.454 e. The van der Waals surface area contributed by atoms with E-state index in [9.17, 15) is 14.0 Å². The molecule has 0 N–H and O–H groups in total. The van der Waals surface area contributed by atoms with Gasteiger partial charge in [0, 0.05) is 23.5 Å². The standard InChI is InChI=1S/C23H20FNO5/c1-14-9-18(20(26)12-28-23(27)17-5-3-4-6-19(17)24)15(2)25(14)11-16-7-8-21-22(10-16)30-13-29-21/h3-10H,11-13H2,1-2H3. The molecule has 1 aliphatic heterocycles. The first-order valence-corrected chi connectivity index (χ1v) is 9.44. The number of carbonyl (C=O) groups excluding carboxylic acids is 2. The van der Waals surface area contributed by atoms with E-state index in [1.807, 2.05) is 36.6 Å². The molecule has 0 fully saturated rings. The molecule has 1 aromatic heterocycles. The number of hydrogen-bond acceptors (Lipinski definition) is 5. The number of ketones is 1. The van der Waals surface area contributed by atoms with Crippen LogP contribution in [0.5, 0.6) is 11.5 Å². The number of rotatable bonds is 6. The lowest BCUT2D eigenvalue weighted by atomic mass is 10.1. The highest BCUT2D eigenvalue weighted by atomic mass is 19.1. The Kier molecular flexibility index (Phi) is 5.27. The molecule has 4 rings (SSSR count). The quantitative estimate of drug-likeness (QED) is 0.454. The summed E-state index contributed by atoms with van der Waals surface area (Å²) in [6, 6.07) is 13.0. The minimum absolute atomic E-state index is 0.196. The minimum Gasteiger partial charge on any atom is -0.454 e. The van der Waals surface area contributed by atoms with Crippen molar-refractivity contribution in [2.75, 3.05) is 13.4 Å². The fraction of sp³-hybridized carbons (Fsp3) is 0.217. The summed E-state index contributed by atoms with van der Waals surface area (Å²) in [6.45, 7) is 4.05. The Hall–Kier alpha value is -3.61. The van der Waals surface area contributed by atoms with Crippen LogP contribution in [0.4, 0.5) is 4.39 Å². The highest BCUT2D eigenvalue weighted by Gasteiger charge is 2.20. The predicted molar refractivity (Wildman–Crippen MR) is 107 cm³/mol. The molecule has 0 saturated carbocycles. The molecule has 0 aliphatic carbocycles. The van der Waals surface area contributed by atoms with Gasteiger partial charge in [0.05, 0.1) is 5.56 Å². The van der Waals surface area contributed by atoms with Gasteiger partial charge in [-0.05, 0) is 49.7 Å². The van der Waals surface area contributed by atoms with E-state index < -0.39 is 18.4 Å². The second kappa shape index (κ2) is 8.02. The summed E-state index contributed by atoms with van der Waals surface area (Å²) in [6.07, 6.45) is 0. The molecule has 0 bridgehead atoms. The van der Waals surface area contributed by atoms with Crippen LogP contribution in [0, 0.1) is 19.7 Å². The average molecular weight is 409 g/mol. The molecule has 2 heterocycles. The van der Waals surface area contributed by atoms with E-state index in [1.165, 1.54) is 24.3 Å². The molecule has 0 saturated heterocycles. The molecule has 0 spiro atoms. The lowest BCUT2D eigenvalue weighted by molar-refractivity contribution is 0.0470. The Morgan fingerprint density at radius 1 is 1.03 bits per heavy atom. The first-order chi connectivity index (χ1) is 14.4. The van der Waals surface area contributed by atoms with Crippen molar-refractivity contribution < 1.29 is 28.2 Å². The molecule has 1 aliphatic rings. The topological polar surface area (TPSA) is 66.8 Å². The molecule has 0 radical (unpaired) electrons. The van der Waals surface area contributed by atoms with Crippen molar-refractivity contribution in [2.24, 2.45) is 0 Å². The first-order valence-electron chi connectivity index (χ1n) is 9.44. The number of carbonyl (C=O) groups is 2. The number of aryl methyl sites for hydroxylation is 1. The first kappa shape index (κ1) is 19.7. The van der Waals surface area contributed by atoms with Gasteiger partial charge in [-0.15, -0.1) is 0 Å². The number of halogens is 1. The summed E-state index contributed by atoms with van der Waals surface area (Å²) in [5.41, 5.74) is 2.94. The SMILES string of the molecule is Cc1cc(C(=O)COC(=O)c2ccccc2F)c(C)n1Cc1ccc2c(c1)OCO2. The van der Waals surface area contributed by atoms with Crippen LogP contribution in [0.15, 0.2) is 48.5 Å². The maximum atomic E-state index is 13.7. The zero-order valence-electron chi connectivity index (χ0n) is 16.6. The van der Waals surface area contributed by atoms with E-state index in [0.29, 0.717) is 23.6 Å². The molecule has 7 heteroatoms. The maximum absolute atomic E-state index is 13.7. The van der Waals surface area contributed by atoms with Gasteiger partial charge < -0.3 is 18.8 Å². The molecule has 0 unspecified atom stereocenters. The molecule has 30 heavy (non-hydrogen) atoms. The van der Waals surface area contributed by atoms with Crippen LogP contribution in [-0.4, -0.2) is 29.7 Å². The molecule has 154 valence electrons. The summed E-state index contributed by atoms with van der Waals surface area (Å²) in [7, 11) is 0. The van der Waals surface area contributed by atoms with Crippen molar-refractivity contribution in [3.8, 4) is 11.5 Å². The van der Waals surface area contributed by atoms with Crippen molar-refractivity contribution in [3.05, 3.63) is 82.4 Å². The molecular formula is C23H20FNO5. The number of Topliss-reactive ketones (excluding diaryl/α,β-unsaturated/α-hetero) is 1. The summed E-state index contributed by atoms with van der Waals surface area (Å²) in [5.74, 6) is -0.476. The van der Waals surface area contributed by atoms with E-state index in [4.69, 9.17) is 14.2 Å². The second-order valence-electron chi connectivity index (χ2n) is 7.04. The molecule has 6 nitrogen and oxygen atoms in total. The predicted octanol–water partition coefficient (Wildman–Crippen LogP) is 4.06. The van der Waals surface area contributed by atoms with Gasteiger partial charge in [-0.25, -0.2) is 9.18 Å². The van der Waals surface area contributed by atoms with Gasteiger partial charge >= 0.3 is 5.97 Å². The van der Waals surface area contributed by atoms with E-state index >= 15 is 0 Å². The van der Waals surface area contributed by atoms with E-state index in [2.05, 4.69) is 0 Å². The van der Waals surface area contributed by atoms with Gasteiger partial charge in [0.25, 0.3) is 0 Å². The summed E-state index contributed by atoms with van der Waals surface area (Å²) >= 11 is 0. The summed E-state index contributed by atoms with van der Waals surface area (Å²) in [5, 5.41) is 0. The van der Waals surface area contributed by atoms with Gasteiger partial charge in [0.15, 0.2) is 18.1 Å². The highest BCUT2D eigenvalue weighted by molar-refractivity contribution is 6.00. The fourth-order valence-electron chi connectivity index (χ4n) is 3.46. The molecular weight excluding hydrogens is 389 g/mol. The third-order valence-electron chi connectivity index (χ3n) is 5.08. The number of hydrogen-bond donors (Lipinski definition) is 0. The number of benzene rings is 2. The van der Waals surface area contributed by atoms with Gasteiger partial charge in [0.1, 0.15) is 5.82 Å². The van der Waals surface area contributed by atoms with Crippen LogP contribution in [0.2, 0.25) is 0 Å². The van der Waals surface area contributed by atoms with Gasteiger partial charge in [-0.3, -0.25) is 4.79 Å². The molecule has 3 aromatic rings. The van der Waals surface area contributed by atoms with Crippen LogP contribution in [0.3, 0.4) is 0 Å². The van der Waals surface area contributed by atoms with Crippen LogP contribution >= 0.6 is 0 Å². The lowest BCUT2D eigenvalue weighted by Gasteiger charge is -2.11. The van der Waals surface area contributed by atoms with Gasteiger partial charge in [-0.2, -0.15) is 0 Å². The minimum atomic E-state index is -0.865. The number of ether oxygens (including phenoxy) is 3. The van der Waals surface area contributed by atoms with E-state index in [0.717, 1.165) is 17.0 Å². The second-order valence-corrected chi connectivity index (χ2v) is 7.04. The summed E-state index contributed by atoms with van der Waals surface area (Å²) < 4.78 is 31.5. The smallest absolute Gasteiger partial charge is 0.341 e. The number of nitrogens with zero attached hydrogens (tertiary/aromatic N) is 1. The number of esters is 1. The van der Waals surface area contributed by atoms with Crippen LogP contribution in [0.25, 0.3) is 0 Å². The Morgan fingerprint density at radius 3 is 2.60 bits per heavy atom. The van der Waals surface area contributed by atoms with E-state index in [-0.39, 0.29) is 18.1 Å². The molecule has 0 amide bonds. The average Bonchev–Trinajstić information content (AvgIpc) is 3.31. The van der Waals surface area contributed by atoms with Crippen LogP contribution < -0.4 is 9.47 Å². The summed E-state index contributed by atoms with van der Waals surface area (Å²) in [4.78, 5) is 24.7. The van der Waals surface area contributed by atoms with Crippen molar-refractivity contribution in [1.82, 2.24) is 4.57 Å². The monoisotopic (exact) mass is 409 g/mol. The third-order valence-corrected chi connectivity index (χ3v) is 5.08. The lowest BCUT2D eigenvalue weighted by Crippen LogP contribution is -2.16. The Bertz CT molecular complexity index is 1130. The van der Waals surface area contributed by atoms with Crippen molar-refractivity contribution in [1.29, 1.82) is 0 Å². The Balaban J connectivity index is 1.47. The van der Waals surface area contributed by atoms with Gasteiger partial charge in [-0.1, -0.05) is 18.2 Å². The number of fused-ring (bicyclic) bond motifs is 1. The maximum Gasteiger partial charge on any atom is 0.341 e. The normalized spacial score (nSPS) is 12.1. The Morgan fingerprint density at radius 2 is 1.80 bits per heavy atom. The van der Waals surface area contributed by atoms with Crippen molar-refractivity contribution >= 4 is 11.8 Å². The van der Waals surface area contributed by atoms with Crippen molar-refractivity contribution in [2.45, 2.75) is 20.4 Å². The Labute approximate surface area is 172 Å². The zero-order chi connectivity index (χ0) is 21.3. The molecule has 2 aromatic carbocycles.